The van der Waals surface area contributed by atoms with Crippen molar-refractivity contribution in [3.63, 3.8) is 0 Å². The highest BCUT2D eigenvalue weighted by atomic mass is 15.1. The van der Waals surface area contributed by atoms with Crippen LogP contribution in [0.1, 0.15) is 26.1 Å². The monoisotopic (exact) mass is 242 g/mol. The first-order chi connectivity index (χ1) is 8.57. The molecule has 4 nitrogen and oxygen atoms in total. The number of nitrogens with zero attached hydrogens (tertiary/aromatic N) is 3. The Morgan fingerprint density at radius 1 is 1.44 bits per heavy atom. The van der Waals surface area contributed by atoms with Crippen molar-refractivity contribution in [1.82, 2.24) is 9.55 Å². The summed E-state index contributed by atoms with van der Waals surface area (Å²) in [5.74, 6) is 1.05. The summed E-state index contributed by atoms with van der Waals surface area (Å²) in [6.45, 7) is 4.58. The number of aromatic nitrogens is 2. The number of imidazole rings is 1. The molecule has 0 saturated carbocycles. The second kappa shape index (κ2) is 4.79. The predicted molar refractivity (Wildman–Crippen MR) is 71.9 cm³/mol. The van der Waals surface area contributed by atoms with Crippen LogP contribution in [0.3, 0.4) is 0 Å². The van der Waals surface area contributed by atoms with Crippen LogP contribution in [-0.4, -0.2) is 15.1 Å². The van der Waals surface area contributed by atoms with E-state index in [0.29, 0.717) is 6.42 Å². The van der Waals surface area contributed by atoms with E-state index in [1.165, 1.54) is 0 Å². The molecule has 18 heavy (non-hydrogen) atoms. The van der Waals surface area contributed by atoms with Gasteiger partial charge in [0.05, 0.1) is 17.1 Å². The van der Waals surface area contributed by atoms with E-state index in [2.05, 4.69) is 28.6 Å². The van der Waals surface area contributed by atoms with Crippen molar-refractivity contribution in [2.75, 3.05) is 0 Å². The molecule has 0 spiro atoms. The lowest BCUT2D eigenvalue weighted by Gasteiger charge is -2.16. The molecular weight excluding hydrogens is 224 g/mol. The van der Waals surface area contributed by atoms with Gasteiger partial charge in [0.1, 0.15) is 11.4 Å². The highest BCUT2D eigenvalue weighted by molar-refractivity contribution is 5.75. The van der Waals surface area contributed by atoms with Crippen LogP contribution >= 0.6 is 0 Å². The lowest BCUT2D eigenvalue weighted by Crippen LogP contribution is -2.35. The van der Waals surface area contributed by atoms with Crippen LogP contribution in [-0.2, 0) is 13.0 Å². The molecule has 0 radical (unpaired) electrons. The fraction of sp³-hybridized carbons (Fsp3) is 0.429. The number of rotatable bonds is 4. The molecule has 94 valence electrons. The zero-order valence-electron chi connectivity index (χ0n) is 10.8. The van der Waals surface area contributed by atoms with Gasteiger partial charge in [-0.05, 0) is 25.5 Å². The van der Waals surface area contributed by atoms with Gasteiger partial charge in [-0.3, -0.25) is 0 Å². The third-order valence-electron chi connectivity index (χ3n) is 3.16. The fourth-order valence-corrected chi connectivity index (χ4v) is 2.04. The van der Waals surface area contributed by atoms with E-state index in [1.54, 1.807) is 6.92 Å². The summed E-state index contributed by atoms with van der Waals surface area (Å²) >= 11 is 0. The molecule has 1 unspecified atom stereocenters. The van der Waals surface area contributed by atoms with Crippen LogP contribution in [0, 0.1) is 11.3 Å². The molecule has 0 saturated heterocycles. The Kier molecular flexibility index (Phi) is 3.35. The van der Waals surface area contributed by atoms with E-state index >= 15 is 0 Å². The van der Waals surface area contributed by atoms with Gasteiger partial charge in [-0.1, -0.05) is 19.1 Å². The Labute approximate surface area is 107 Å². The van der Waals surface area contributed by atoms with Gasteiger partial charge in [0.2, 0.25) is 0 Å². The molecule has 1 aromatic heterocycles. The van der Waals surface area contributed by atoms with Crippen LogP contribution in [0.2, 0.25) is 0 Å². The summed E-state index contributed by atoms with van der Waals surface area (Å²) in [5.41, 5.74) is 7.21. The maximum Gasteiger partial charge on any atom is 0.109 e. The molecule has 2 rings (SSSR count). The first-order valence-electron chi connectivity index (χ1n) is 6.21. The molecule has 0 aliphatic carbocycles. The van der Waals surface area contributed by atoms with Crippen molar-refractivity contribution in [2.45, 2.75) is 38.8 Å². The molecule has 0 bridgehead atoms. The number of nitriles is 1. The topological polar surface area (TPSA) is 67.6 Å². The normalized spacial score (nSPS) is 14.3. The molecule has 4 heteroatoms. The second-order valence-corrected chi connectivity index (χ2v) is 4.80. The number of nitrogens with two attached hydrogens (primary N) is 1. The molecule has 0 aliphatic rings. The molecule has 2 aromatic rings. The van der Waals surface area contributed by atoms with Gasteiger partial charge in [0.15, 0.2) is 0 Å². The molecule has 1 atom stereocenters. The van der Waals surface area contributed by atoms with Crippen LogP contribution < -0.4 is 5.73 Å². The first-order valence-corrected chi connectivity index (χ1v) is 6.21. The summed E-state index contributed by atoms with van der Waals surface area (Å²) in [4.78, 5) is 4.60. The number of hydrogen-bond donors (Lipinski definition) is 1. The molecule has 1 aromatic carbocycles. The van der Waals surface area contributed by atoms with Crippen molar-refractivity contribution < 1.29 is 0 Å². The zero-order valence-corrected chi connectivity index (χ0v) is 10.8. The number of aryl methyl sites for hydroxylation is 2. The molecule has 2 N–H and O–H groups in total. The highest BCUT2D eigenvalue weighted by Gasteiger charge is 2.18. The summed E-state index contributed by atoms with van der Waals surface area (Å²) in [5, 5.41) is 8.96. The van der Waals surface area contributed by atoms with Gasteiger partial charge in [0.25, 0.3) is 0 Å². The maximum absolute atomic E-state index is 8.96. The number of para-hydroxylation sites is 2. The van der Waals surface area contributed by atoms with E-state index < -0.39 is 5.54 Å². The Morgan fingerprint density at radius 2 is 2.17 bits per heavy atom. The van der Waals surface area contributed by atoms with E-state index in [-0.39, 0.29) is 0 Å². The molecule has 1 heterocycles. The average molecular weight is 242 g/mol. The smallest absolute Gasteiger partial charge is 0.109 e. The fourth-order valence-electron chi connectivity index (χ4n) is 2.04. The quantitative estimate of drug-likeness (QED) is 0.894. The molecule has 0 fully saturated rings. The first kappa shape index (κ1) is 12.6. The molecule has 0 aliphatic heterocycles. The Bertz CT molecular complexity index is 589. The Hall–Kier alpha value is -1.86. The molecule has 0 amide bonds. The van der Waals surface area contributed by atoms with Crippen molar-refractivity contribution >= 4 is 11.0 Å². The third-order valence-corrected chi connectivity index (χ3v) is 3.16. The van der Waals surface area contributed by atoms with E-state index in [4.69, 9.17) is 11.0 Å². The van der Waals surface area contributed by atoms with Gasteiger partial charge in [0, 0.05) is 13.0 Å². The third kappa shape index (κ3) is 2.36. The van der Waals surface area contributed by atoms with Crippen LogP contribution in [0.25, 0.3) is 11.0 Å². The van der Waals surface area contributed by atoms with E-state index in [0.717, 1.165) is 29.8 Å². The predicted octanol–water partition coefficient (Wildman–Crippen LogP) is 2.23. The average Bonchev–Trinajstić information content (AvgIpc) is 2.74. The zero-order chi connectivity index (χ0) is 13.2. The summed E-state index contributed by atoms with van der Waals surface area (Å²) in [6.07, 6.45) is 1.50. The minimum Gasteiger partial charge on any atom is -0.328 e. The number of benzene rings is 1. The van der Waals surface area contributed by atoms with Gasteiger partial charge in [-0.15, -0.1) is 0 Å². The lowest BCUT2D eigenvalue weighted by molar-refractivity contribution is 0.488. The Balaban J connectivity index is 2.35. The minimum atomic E-state index is -0.781. The lowest BCUT2D eigenvalue weighted by atomic mass is 10.0. The van der Waals surface area contributed by atoms with Crippen LogP contribution in [0.15, 0.2) is 24.3 Å². The van der Waals surface area contributed by atoms with Gasteiger partial charge >= 0.3 is 0 Å². The van der Waals surface area contributed by atoms with E-state index in [1.807, 2.05) is 18.2 Å². The van der Waals surface area contributed by atoms with Crippen molar-refractivity contribution in [1.29, 1.82) is 5.26 Å². The largest absolute Gasteiger partial charge is 0.328 e. The highest BCUT2D eigenvalue weighted by Crippen LogP contribution is 2.18. The van der Waals surface area contributed by atoms with Crippen molar-refractivity contribution in [2.24, 2.45) is 5.73 Å². The van der Waals surface area contributed by atoms with E-state index in [9.17, 15) is 0 Å². The summed E-state index contributed by atoms with van der Waals surface area (Å²) in [7, 11) is 0. The van der Waals surface area contributed by atoms with Gasteiger partial charge in [-0.25, -0.2) is 4.98 Å². The van der Waals surface area contributed by atoms with Crippen molar-refractivity contribution in [3.8, 4) is 6.07 Å². The van der Waals surface area contributed by atoms with Crippen LogP contribution in [0.5, 0.6) is 0 Å². The van der Waals surface area contributed by atoms with Crippen molar-refractivity contribution in [3.05, 3.63) is 30.1 Å². The SMILES string of the molecule is CCc1nc2ccccc2n1CCC(C)(N)C#N. The van der Waals surface area contributed by atoms with Crippen LogP contribution in [0.4, 0.5) is 0 Å². The second-order valence-electron chi connectivity index (χ2n) is 4.80. The number of fused-ring (bicyclic) bond motifs is 1. The van der Waals surface area contributed by atoms with Gasteiger partial charge in [-0.2, -0.15) is 5.26 Å². The van der Waals surface area contributed by atoms with Gasteiger partial charge < -0.3 is 10.3 Å². The molecular formula is C14H18N4. The summed E-state index contributed by atoms with van der Waals surface area (Å²) < 4.78 is 2.16. The standard InChI is InChI=1S/C14H18N4/c1-3-13-17-11-6-4-5-7-12(11)18(13)9-8-14(2,16)10-15/h4-7H,3,8-9,16H2,1-2H3. The Morgan fingerprint density at radius 3 is 2.83 bits per heavy atom. The minimum absolute atomic E-state index is 0.622. The summed E-state index contributed by atoms with van der Waals surface area (Å²) in [6, 6.07) is 10.2. The maximum atomic E-state index is 8.96. The number of hydrogen-bond acceptors (Lipinski definition) is 3.